The maximum Gasteiger partial charge on any atom is 0.152 e. The van der Waals surface area contributed by atoms with Gasteiger partial charge in [0.1, 0.15) is 0 Å². The quantitative estimate of drug-likeness (QED) is 0.819. The molecule has 6 heteroatoms. The molecule has 122 valence electrons. The van der Waals surface area contributed by atoms with E-state index in [1.54, 1.807) is 0 Å². The Balaban J connectivity index is 1.89. The summed E-state index contributed by atoms with van der Waals surface area (Å²) in [6.45, 7) is 2.44. The fourth-order valence-corrected chi connectivity index (χ4v) is 6.83. The number of sulfone groups is 1. The van der Waals surface area contributed by atoms with Gasteiger partial charge in [0.2, 0.25) is 0 Å². The van der Waals surface area contributed by atoms with Crippen LogP contribution in [-0.2, 0) is 9.84 Å². The lowest BCUT2D eigenvalue weighted by Crippen LogP contribution is -2.62. The van der Waals surface area contributed by atoms with Gasteiger partial charge in [-0.2, -0.15) is 0 Å². The molecule has 3 fully saturated rings. The van der Waals surface area contributed by atoms with Crippen molar-refractivity contribution < 1.29 is 8.42 Å². The van der Waals surface area contributed by atoms with Crippen LogP contribution < -0.4 is 5.73 Å². The van der Waals surface area contributed by atoms with E-state index >= 15 is 0 Å². The van der Waals surface area contributed by atoms with Crippen molar-refractivity contribution in [2.24, 2.45) is 5.73 Å². The third-order valence-corrected chi connectivity index (χ3v) is 8.03. The maximum atomic E-state index is 12.3. The fourth-order valence-electron chi connectivity index (χ4n) is 5.07. The molecule has 1 aliphatic carbocycles. The zero-order valence-electron chi connectivity index (χ0n) is 13.3. The van der Waals surface area contributed by atoms with E-state index in [9.17, 15) is 8.42 Å². The van der Waals surface area contributed by atoms with Crippen molar-refractivity contribution in [1.82, 2.24) is 9.80 Å². The second-order valence-corrected chi connectivity index (χ2v) is 9.53. The average molecular weight is 315 g/mol. The summed E-state index contributed by atoms with van der Waals surface area (Å²) in [6, 6.07) is 1.25. The van der Waals surface area contributed by atoms with Gasteiger partial charge in [-0.15, -0.1) is 0 Å². The van der Waals surface area contributed by atoms with Gasteiger partial charge in [-0.3, -0.25) is 9.80 Å². The highest BCUT2D eigenvalue weighted by atomic mass is 32.2. The van der Waals surface area contributed by atoms with Gasteiger partial charge in [0, 0.05) is 43.5 Å². The van der Waals surface area contributed by atoms with Crippen molar-refractivity contribution in [3.63, 3.8) is 0 Å². The van der Waals surface area contributed by atoms with Crippen molar-refractivity contribution >= 4 is 9.84 Å². The molecular weight excluding hydrogens is 286 g/mol. The van der Waals surface area contributed by atoms with E-state index in [0.29, 0.717) is 18.6 Å². The second kappa shape index (κ2) is 5.48. The Morgan fingerprint density at radius 3 is 2.57 bits per heavy atom. The predicted molar refractivity (Wildman–Crippen MR) is 85.0 cm³/mol. The molecule has 3 rings (SSSR count). The van der Waals surface area contributed by atoms with Crippen molar-refractivity contribution in [3.8, 4) is 0 Å². The maximum absolute atomic E-state index is 12.3. The molecule has 0 radical (unpaired) electrons. The highest BCUT2D eigenvalue weighted by Gasteiger charge is 2.52. The summed E-state index contributed by atoms with van der Waals surface area (Å²) in [7, 11) is -0.819. The minimum atomic E-state index is -3.05. The molecule has 4 atom stereocenters. The van der Waals surface area contributed by atoms with Crippen LogP contribution in [0, 0.1) is 0 Å². The minimum Gasteiger partial charge on any atom is -0.329 e. The summed E-state index contributed by atoms with van der Waals surface area (Å²) < 4.78 is 24.5. The van der Waals surface area contributed by atoms with Crippen LogP contribution in [0.2, 0.25) is 0 Å². The molecular formula is C15H29N3O2S. The first-order valence-corrected chi connectivity index (χ1v) is 10.2. The molecule has 2 saturated heterocycles. The van der Waals surface area contributed by atoms with E-state index in [0.717, 1.165) is 38.8 Å². The first-order valence-electron chi connectivity index (χ1n) is 8.24. The van der Waals surface area contributed by atoms with E-state index in [1.807, 2.05) is 0 Å². The summed E-state index contributed by atoms with van der Waals surface area (Å²) in [5, 5.41) is -0.281. The molecule has 3 aliphatic rings. The second-order valence-electron chi connectivity index (χ2n) is 7.30. The van der Waals surface area contributed by atoms with Crippen LogP contribution >= 0.6 is 0 Å². The lowest BCUT2D eigenvalue weighted by Gasteiger charge is -2.45. The third kappa shape index (κ3) is 2.54. The van der Waals surface area contributed by atoms with Crippen LogP contribution in [0.3, 0.4) is 0 Å². The molecule has 5 nitrogen and oxygen atoms in total. The summed E-state index contributed by atoms with van der Waals surface area (Å²) in [5.41, 5.74) is 5.83. The number of likely N-dealkylation sites (N-methyl/N-ethyl adjacent to an activating group) is 1. The molecule has 2 aliphatic heterocycles. The highest BCUT2D eigenvalue weighted by molar-refractivity contribution is 7.91. The SMILES string of the molecule is CN1C2CCC1CN(C1(CN)CCCC1S(C)(=O)=O)CC2. The number of rotatable bonds is 3. The third-order valence-electron chi connectivity index (χ3n) is 6.32. The standard InChI is InChI=1S/C15H29N3O2S/c1-17-12-5-6-13(17)10-18(9-7-12)15(11-16)8-3-4-14(15)21(2,19)20/h12-14H,3-11,16H2,1-2H3. The van der Waals surface area contributed by atoms with Gasteiger partial charge in [0.05, 0.1) is 5.25 Å². The Bertz CT molecular complexity index is 495. The Morgan fingerprint density at radius 2 is 1.90 bits per heavy atom. The summed E-state index contributed by atoms with van der Waals surface area (Å²) in [4.78, 5) is 4.96. The molecule has 0 aromatic heterocycles. The van der Waals surface area contributed by atoms with Crippen LogP contribution in [0.4, 0.5) is 0 Å². The van der Waals surface area contributed by atoms with Crippen LogP contribution in [-0.4, -0.2) is 74.0 Å². The molecule has 0 aromatic rings. The zero-order chi connectivity index (χ0) is 15.3. The summed E-state index contributed by atoms with van der Waals surface area (Å²) in [5.74, 6) is 0. The van der Waals surface area contributed by atoms with Gasteiger partial charge in [-0.25, -0.2) is 8.42 Å². The van der Waals surface area contributed by atoms with E-state index in [1.165, 1.54) is 19.1 Å². The van der Waals surface area contributed by atoms with Gasteiger partial charge in [0.15, 0.2) is 9.84 Å². The molecule has 1 saturated carbocycles. The lowest BCUT2D eigenvalue weighted by atomic mass is 9.92. The van der Waals surface area contributed by atoms with Gasteiger partial charge >= 0.3 is 0 Å². The molecule has 0 aromatic carbocycles. The zero-order valence-corrected chi connectivity index (χ0v) is 14.1. The monoisotopic (exact) mass is 315 g/mol. The van der Waals surface area contributed by atoms with Gasteiger partial charge in [-0.05, 0) is 39.2 Å². The molecule has 0 amide bonds. The topological polar surface area (TPSA) is 66.6 Å². The Morgan fingerprint density at radius 1 is 1.19 bits per heavy atom. The molecule has 2 heterocycles. The van der Waals surface area contributed by atoms with Crippen LogP contribution in [0.5, 0.6) is 0 Å². The first-order chi connectivity index (χ1) is 9.88. The molecule has 4 unspecified atom stereocenters. The predicted octanol–water partition coefficient (Wildman–Crippen LogP) is 0.450. The lowest BCUT2D eigenvalue weighted by molar-refractivity contribution is 0.0895. The highest BCUT2D eigenvalue weighted by Crippen LogP contribution is 2.41. The number of fused-ring (bicyclic) bond motifs is 2. The average Bonchev–Trinajstić information content (AvgIpc) is 2.92. The number of nitrogens with two attached hydrogens (primary N) is 1. The number of nitrogens with zero attached hydrogens (tertiary/aromatic N) is 2. The molecule has 0 spiro atoms. The summed E-state index contributed by atoms with van der Waals surface area (Å²) in [6.07, 6.45) is 7.75. The van der Waals surface area contributed by atoms with E-state index in [2.05, 4.69) is 16.8 Å². The van der Waals surface area contributed by atoms with Crippen molar-refractivity contribution in [3.05, 3.63) is 0 Å². The number of hydrogen-bond donors (Lipinski definition) is 1. The normalized spacial score (nSPS) is 42.3. The van der Waals surface area contributed by atoms with Gasteiger partial charge in [0.25, 0.3) is 0 Å². The Kier molecular flexibility index (Phi) is 4.10. The van der Waals surface area contributed by atoms with Crippen molar-refractivity contribution in [2.45, 2.75) is 61.4 Å². The van der Waals surface area contributed by atoms with E-state index in [4.69, 9.17) is 5.73 Å². The van der Waals surface area contributed by atoms with Crippen LogP contribution in [0.15, 0.2) is 0 Å². The molecule has 2 N–H and O–H groups in total. The van der Waals surface area contributed by atoms with Crippen LogP contribution in [0.1, 0.15) is 38.5 Å². The van der Waals surface area contributed by atoms with E-state index in [-0.39, 0.29) is 10.8 Å². The largest absolute Gasteiger partial charge is 0.329 e. The summed E-state index contributed by atoms with van der Waals surface area (Å²) >= 11 is 0. The Hall–Kier alpha value is -0.170. The Labute approximate surface area is 128 Å². The van der Waals surface area contributed by atoms with E-state index < -0.39 is 9.84 Å². The fraction of sp³-hybridized carbons (Fsp3) is 1.00. The first kappa shape index (κ1) is 15.7. The molecule has 21 heavy (non-hydrogen) atoms. The van der Waals surface area contributed by atoms with Crippen molar-refractivity contribution in [1.29, 1.82) is 0 Å². The smallest absolute Gasteiger partial charge is 0.152 e. The van der Waals surface area contributed by atoms with Gasteiger partial charge in [-0.1, -0.05) is 6.42 Å². The number of hydrogen-bond acceptors (Lipinski definition) is 5. The van der Waals surface area contributed by atoms with Gasteiger partial charge < -0.3 is 5.73 Å². The van der Waals surface area contributed by atoms with Crippen LogP contribution in [0.25, 0.3) is 0 Å². The van der Waals surface area contributed by atoms with Crippen molar-refractivity contribution in [2.75, 3.05) is 32.9 Å². The minimum absolute atomic E-state index is 0.281. The number of likely N-dealkylation sites (tertiary alicyclic amines) is 1. The molecule has 2 bridgehead atoms.